The van der Waals surface area contributed by atoms with E-state index in [1.54, 1.807) is 0 Å². The van der Waals surface area contributed by atoms with Crippen LogP contribution in [0.3, 0.4) is 0 Å². The van der Waals surface area contributed by atoms with E-state index in [1.165, 1.54) is 12.1 Å². The van der Waals surface area contributed by atoms with Gasteiger partial charge >= 0.3 is 0 Å². The van der Waals surface area contributed by atoms with E-state index in [0.717, 1.165) is 6.07 Å². The Labute approximate surface area is 65.5 Å². The van der Waals surface area contributed by atoms with E-state index < -0.39 is 11.6 Å². The van der Waals surface area contributed by atoms with Gasteiger partial charge in [0.25, 0.3) is 0 Å². The first-order valence-corrected chi connectivity index (χ1v) is 3.46. The molecule has 11 heavy (non-hydrogen) atoms. The van der Waals surface area contributed by atoms with Gasteiger partial charge < -0.3 is 0 Å². The van der Waals surface area contributed by atoms with E-state index >= 15 is 0 Å². The van der Waals surface area contributed by atoms with Crippen molar-refractivity contribution in [3.8, 4) is 0 Å². The number of rotatable bonds is 2. The number of hydrogen-bond acceptors (Lipinski definition) is 0. The normalized spacial score (nSPS) is 9.73. The minimum atomic E-state index is -0.526. The van der Waals surface area contributed by atoms with Crippen LogP contribution in [0.2, 0.25) is 6.82 Å². The molecule has 0 N–H and O–H groups in total. The number of hydrogen-bond donors (Lipinski definition) is 0. The minimum Gasteiger partial charge on any atom is -0.207 e. The second-order valence-electron chi connectivity index (χ2n) is 2.35. The standard InChI is InChI=1S/C8H8BF2/c1-9-5-6-2-3-7(10)4-8(6)11/h2-4H,5H2,1H3. The van der Waals surface area contributed by atoms with E-state index in [2.05, 4.69) is 0 Å². The third kappa shape index (κ3) is 2.04. The molecule has 1 aromatic carbocycles. The van der Waals surface area contributed by atoms with Gasteiger partial charge in [-0.15, -0.1) is 0 Å². The highest BCUT2D eigenvalue weighted by atomic mass is 19.1. The highest BCUT2D eigenvalue weighted by Gasteiger charge is 2.01. The lowest BCUT2D eigenvalue weighted by molar-refractivity contribution is 0.576. The van der Waals surface area contributed by atoms with Crippen molar-refractivity contribution in [1.29, 1.82) is 0 Å². The predicted octanol–water partition coefficient (Wildman–Crippen LogP) is 2.22. The van der Waals surface area contributed by atoms with Crippen molar-refractivity contribution in [2.75, 3.05) is 0 Å². The van der Waals surface area contributed by atoms with Crippen LogP contribution in [0.15, 0.2) is 18.2 Å². The molecule has 0 spiro atoms. The van der Waals surface area contributed by atoms with E-state index in [9.17, 15) is 8.78 Å². The van der Waals surface area contributed by atoms with E-state index in [1.807, 2.05) is 14.1 Å². The lowest BCUT2D eigenvalue weighted by Crippen LogP contribution is -1.95. The maximum absolute atomic E-state index is 12.8. The second-order valence-corrected chi connectivity index (χ2v) is 2.35. The van der Waals surface area contributed by atoms with E-state index in [4.69, 9.17) is 0 Å². The molecule has 0 saturated heterocycles. The molecule has 0 saturated carbocycles. The van der Waals surface area contributed by atoms with Crippen LogP contribution in [0.4, 0.5) is 8.78 Å². The maximum atomic E-state index is 12.8. The van der Waals surface area contributed by atoms with Crippen LogP contribution in [0, 0.1) is 11.6 Å². The van der Waals surface area contributed by atoms with Gasteiger partial charge in [0.15, 0.2) is 0 Å². The lowest BCUT2D eigenvalue weighted by Gasteiger charge is -1.98. The Hall–Kier alpha value is -0.855. The highest BCUT2D eigenvalue weighted by Crippen LogP contribution is 2.09. The third-order valence-electron chi connectivity index (χ3n) is 1.44. The van der Waals surface area contributed by atoms with E-state index in [-0.39, 0.29) is 0 Å². The molecule has 0 aliphatic rings. The fraction of sp³-hybridized carbons (Fsp3) is 0.250. The fourth-order valence-corrected chi connectivity index (χ4v) is 0.907. The first kappa shape index (κ1) is 8.24. The zero-order valence-electron chi connectivity index (χ0n) is 6.27. The summed E-state index contributed by atoms with van der Waals surface area (Å²) in [6.07, 6.45) is 0.548. The molecule has 0 unspecified atom stereocenters. The fourth-order valence-electron chi connectivity index (χ4n) is 0.907. The average Bonchev–Trinajstić information content (AvgIpc) is 1.95. The highest BCUT2D eigenvalue weighted by molar-refractivity contribution is 6.32. The summed E-state index contributed by atoms with van der Waals surface area (Å²) in [6, 6.07) is 3.63. The van der Waals surface area contributed by atoms with Gasteiger partial charge in [0.2, 0.25) is 0 Å². The lowest BCUT2D eigenvalue weighted by atomic mass is 9.75. The molecular formula is C8H8BF2. The molecule has 1 radical (unpaired) electrons. The first-order valence-electron chi connectivity index (χ1n) is 3.46. The largest absolute Gasteiger partial charge is 0.207 e. The third-order valence-corrected chi connectivity index (χ3v) is 1.44. The van der Waals surface area contributed by atoms with Gasteiger partial charge in [-0.25, -0.2) is 8.78 Å². The van der Waals surface area contributed by atoms with Crippen LogP contribution in [0.1, 0.15) is 5.56 Å². The SMILES string of the molecule is C[B]Cc1ccc(F)cc1F. The van der Waals surface area contributed by atoms with Crippen molar-refractivity contribution in [3.63, 3.8) is 0 Å². The Balaban J connectivity index is 2.90. The molecule has 0 aliphatic heterocycles. The second kappa shape index (κ2) is 3.51. The molecule has 0 atom stereocenters. The molecular weight excluding hydrogens is 145 g/mol. The number of halogens is 2. The molecule has 0 nitrogen and oxygen atoms in total. The minimum absolute atomic E-state index is 0.469. The van der Waals surface area contributed by atoms with Crippen LogP contribution in [-0.4, -0.2) is 7.28 Å². The van der Waals surface area contributed by atoms with Crippen LogP contribution >= 0.6 is 0 Å². The van der Waals surface area contributed by atoms with Crippen molar-refractivity contribution in [1.82, 2.24) is 0 Å². The topological polar surface area (TPSA) is 0 Å². The summed E-state index contributed by atoms with van der Waals surface area (Å²) in [5.74, 6) is -0.995. The van der Waals surface area contributed by atoms with Crippen molar-refractivity contribution in [2.45, 2.75) is 13.1 Å². The molecule has 57 valence electrons. The molecule has 0 aromatic heterocycles. The van der Waals surface area contributed by atoms with Gasteiger partial charge in [-0.2, -0.15) is 0 Å². The Morgan fingerprint density at radius 2 is 2.09 bits per heavy atom. The summed E-state index contributed by atoms with van der Waals surface area (Å²) in [4.78, 5) is 0. The molecule has 3 heteroatoms. The predicted molar refractivity (Wildman–Crippen MR) is 41.7 cm³/mol. The molecule has 0 heterocycles. The Bertz CT molecular complexity index is 248. The van der Waals surface area contributed by atoms with Crippen LogP contribution in [0.5, 0.6) is 0 Å². The zero-order chi connectivity index (χ0) is 8.27. The summed E-state index contributed by atoms with van der Waals surface area (Å²) in [5.41, 5.74) is 0.536. The summed E-state index contributed by atoms with van der Waals surface area (Å²) < 4.78 is 25.1. The molecule has 0 fully saturated rings. The first-order chi connectivity index (χ1) is 5.24. The van der Waals surface area contributed by atoms with Crippen LogP contribution in [-0.2, 0) is 6.32 Å². The van der Waals surface area contributed by atoms with Crippen molar-refractivity contribution in [3.05, 3.63) is 35.4 Å². The zero-order valence-corrected chi connectivity index (χ0v) is 6.27. The van der Waals surface area contributed by atoms with Crippen molar-refractivity contribution >= 4 is 7.28 Å². The Kier molecular flexibility index (Phi) is 2.63. The summed E-state index contributed by atoms with van der Waals surface area (Å²) in [5, 5.41) is 0. The van der Waals surface area contributed by atoms with Gasteiger partial charge in [-0.1, -0.05) is 19.2 Å². The summed E-state index contributed by atoms with van der Waals surface area (Å²) in [7, 11) is 1.83. The van der Waals surface area contributed by atoms with E-state index in [0.29, 0.717) is 11.9 Å². The van der Waals surface area contributed by atoms with Crippen molar-refractivity contribution in [2.24, 2.45) is 0 Å². The van der Waals surface area contributed by atoms with Gasteiger partial charge in [0.05, 0.1) is 0 Å². The van der Waals surface area contributed by atoms with Gasteiger partial charge in [-0.05, 0) is 11.6 Å². The number of benzene rings is 1. The molecule has 0 amide bonds. The average molecular weight is 153 g/mol. The molecule has 1 rings (SSSR count). The summed E-state index contributed by atoms with van der Waals surface area (Å²) in [6.45, 7) is 1.84. The molecule has 0 aliphatic carbocycles. The Morgan fingerprint density at radius 3 is 2.64 bits per heavy atom. The van der Waals surface area contributed by atoms with Crippen LogP contribution in [0.25, 0.3) is 0 Å². The van der Waals surface area contributed by atoms with Crippen LogP contribution < -0.4 is 0 Å². The summed E-state index contributed by atoms with van der Waals surface area (Å²) >= 11 is 0. The molecule has 0 bridgehead atoms. The van der Waals surface area contributed by atoms with Gasteiger partial charge in [0.1, 0.15) is 18.9 Å². The van der Waals surface area contributed by atoms with Crippen molar-refractivity contribution < 1.29 is 8.78 Å². The van der Waals surface area contributed by atoms with Gasteiger partial charge in [0, 0.05) is 6.07 Å². The monoisotopic (exact) mass is 153 g/mol. The maximum Gasteiger partial charge on any atom is 0.128 e. The Morgan fingerprint density at radius 1 is 1.36 bits per heavy atom. The smallest absolute Gasteiger partial charge is 0.128 e. The van der Waals surface area contributed by atoms with Gasteiger partial charge in [-0.3, -0.25) is 0 Å². The quantitative estimate of drug-likeness (QED) is 0.571. The molecule has 1 aromatic rings.